The van der Waals surface area contributed by atoms with Gasteiger partial charge in [0.2, 0.25) is 0 Å². The summed E-state index contributed by atoms with van der Waals surface area (Å²) in [6.07, 6.45) is 3.82. The Hall–Kier alpha value is -1.42. The molecule has 1 aromatic rings. The third kappa shape index (κ3) is 3.29. The summed E-state index contributed by atoms with van der Waals surface area (Å²) in [5.41, 5.74) is 5.66. The first-order chi connectivity index (χ1) is 8.69. The average Bonchev–Trinajstić information content (AvgIpc) is 2.26. The van der Waals surface area contributed by atoms with Crippen LogP contribution in [0.2, 0.25) is 0 Å². The zero-order valence-electron chi connectivity index (χ0n) is 10.3. The fourth-order valence-electron chi connectivity index (χ4n) is 1.96. The summed E-state index contributed by atoms with van der Waals surface area (Å²) >= 11 is 0. The molecule has 18 heavy (non-hydrogen) atoms. The summed E-state index contributed by atoms with van der Waals surface area (Å²) in [4.78, 5) is 11.7. The zero-order chi connectivity index (χ0) is 13.0. The van der Waals surface area contributed by atoms with E-state index in [-0.39, 0.29) is 18.7 Å². The maximum atomic E-state index is 13.4. The standard InChI is InChI=1S/C14H18FNO2/c15-12-6-11(14(17)4-5-16)7-13(8-12)18-9-10-2-1-3-10/h6-8,10H,1-5,9,16H2. The van der Waals surface area contributed by atoms with Crippen LogP contribution in [0.4, 0.5) is 4.39 Å². The first kappa shape index (κ1) is 13.0. The molecule has 98 valence electrons. The van der Waals surface area contributed by atoms with Crippen LogP contribution in [0.5, 0.6) is 5.75 Å². The Labute approximate surface area is 106 Å². The minimum Gasteiger partial charge on any atom is -0.493 e. The van der Waals surface area contributed by atoms with E-state index < -0.39 is 5.82 Å². The SMILES string of the molecule is NCCC(=O)c1cc(F)cc(OCC2CCC2)c1. The highest BCUT2D eigenvalue weighted by molar-refractivity contribution is 5.96. The number of Topliss-reactive ketones (excluding diaryl/α,β-unsaturated/α-hetero) is 1. The van der Waals surface area contributed by atoms with Crippen molar-refractivity contribution < 1.29 is 13.9 Å². The highest BCUT2D eigenvalue weighted by atomic mass is 19.1. The van der Waals surface area contributed by atoms with Gasteiger partial charge in [-0.2, -0.15) is 0 Å². The molecule has 1 fully saturated rings. The van der Waals surface area contributed by atoms with E-state index in [0.717, 1.165) is 0 Å². The number of halogens is 1. The molecule has 1 aliphatic carbocycles. The topological polar surface area (TPSA) is 52.3 Å². The molecule has 1 aromatic carbocycles. The Balaban J connectivity index is 2.02. The predicted molar refractivity (Wildman–Crippen MR) is 67.2 cm³/mol. The molecule has 3 nitrogen and oxygen atoms in total. The lowest BCUT2D eigenvalue weighted by Gasteiger charge is -2.25. The van der Waals surface area contributed by atoms with Crippen molar-refractivity contribution in [2.45, 2.75) is 25.7 Å². The maximum Gasteiger partial charge on any atom is 0.164 e. The number of hydrogen-bond donors (Lipinski definition) is 1. The van der Waals surface area contributed by atoms with E-state index in [1.165, 1.54) is 31.4 Å². The van der Waals surface area contributed by atoms with Crippen molar-refractivity contribution in [1.29, 1.82) is 0 Å². The van der Waals surface area contributed by atoms with Crippen LogP contribution >= 0.6 is 0 Å². The van der Waals surface area contributed by atoms with Gasteiger partial charge in [0.15, 0.2) is 5.78 Å². The van der Waals surface area contributed by atoms with Crippen molar-refractivity contribution in [3.63, 3.8) is 0 Å². The number of rotatable bonds is 6. The van der Waals surface area contributed by atoms with Crippen molar-refractivity contribution in [2.75, 3.05) is 13.2 Å². The third-order valence-electron chi connectivity index (χ3n) is 3.28. The molecule has 0 amide bonds. The lowest BCUT2D eigenvalue weighted by atomic mass is 9.86. The van der Waals surface area contributed by atoms with Gasteiger partial charge in [0.25, 0.3) is 0 Å². The summed E-state index contributed by atoms with van der Waals surface area (Å²) in [6.45, 7) is 0.877. The quantitative estimate of drug-likeness (QED) is 0.790. The second kappa shape index (κ2) is 5.96. The maximum absolute atomic E-state index is 13.4. The van der Waals surface area contributed by atoms with Crippen LogP contribution in [0.25, 0.3) is 0 Å². The van der Waals surface area contributed by atoms with Crippen LogP contribution in [-0.4, -0.2) is 18.9 Å². The van der Waals surface area contributed by atoms with Gasteiger partial charge in [-0.1, -0.05) is 6.42 Å². The van der Waals surface area contributed by atoms with Gasteiger partial charge in [-0.25, -0.2) is 4.39 Å². The van der Waals surface area contributed by atoms with E-state index >= 15 is 0 Å². The van der Waals surface area contributed by atoms with Crippen LogP contribution in [-0.2, 0) is 0 Å². The second-order valence-corrected chi connectivity index (χ2v) is 4.75. The van der Waals surface area contributed by atoms with Crippen molar-refractivity contribution in [3.05, 3.63) is 29.6 Å². The molecular formula is C14H18FNO2. The predicted octanol–water partition coefficient (Wildman–Crippen LogP) is 2.54. The molecular weight excluding hydrogens is 233 g/mol. The minimum absolute atomic E-state index is 0.148. The fourth-order valence-corrected chi connectivity index (χ4v) is 1.96. The Morgan fingerprint density at radius 1 is 1.39 bits per heavy atom. The molecule has 0 aromatic heterocycles. The van der Waals surface area contributed by atoms with Crippen LogP contribution in [0.15, 0.2) is 18.2 Å². The van der Waals surface area contributed by atoms with Gasteiger partial charge in [-0.3, -0.25) is 4.79 Å². The minimum atomic E-state index is -0.443. The Bertz CT molecular complexity index is 430. The van der Waals surface area contributed by atoms with E-state index in [2.05, 4.69) is 0 Å². The molecule has 4 heteroatoms. The van der Waals surface area contributed by atoms with Gasteiger partial charge in [0.05, 0.1) is 6.61 Å². The van der Waals surface area contributed by atoms with Crippen LogP contribution in [0.3, 0.4) is 0 Å². The number of hydrogen-bond acceptors (Lipinski definition) is 3. The number of ketones is 1. The van der Waals surface area contributed by atoms with Gasteiger partial charge in [0, 0.05) is 18.1 Å². The van der Waals surface area contributed by atoms with E-state index in [1.54, 1.807) is 6.07 Å². The molecule has 0 saturated heterocycles. The van der Waals surface area contributed by atoms with Crippen molar-refractivity contribution in [2.24, 2.45) is 11.7 Å². The molecule has 0 atom stereocenters. The summed E-state index contributed by atoms with van der Waals surface area (Å²) in [5.74, 6) is 0.422. The van der Waals surface area contributed by atoms with Gasteiger partial charge in [-0.05, 0) is 37.4 Å². The third-order valence-corrected chi connectivity index (χ3v) is 3.28. The molecule has 0 radical (unpaired) electrons. The smallest absolute Gasteiger partial charge is 0.164 e. The summed E-state index contributed by atoms with van der Waals surface area (Å²) < 4.78 is 18.9. The second-order valence-electron chi connectivity index (χ2n) is 4.75. The summed E-state index contributed by atoms with van der Waals surface area (Å²) in [5, 5.41) is 0. The van der Waals surface area contributed by atoms with Crippen molar-refractivity contribution in [3.8, 4) is 5.75 Å². The molecule has 0 aliphatic heterocycles. The van der Waals surface area contributed by atoms with Gasteiger partial charge >= 0.3 is 0 Å². The number of carbonyl (C=O) groups is 1. The van der Waals surface area contributed by atoms with E-state index in [0.29, 0.717) is 23.8 Å². The first-order valence-corrected chi connectivity index (χ1v) is 6.35. The monoisotopic (exact) mass is 251 g/mol. The van der Waals surface area contributed by atoms with Gasteiger partial charge in [0.1, 0.15) is 11.6 Å². The Morgan fingerprint density at radius 2 is 2.17 bits per heavy atom. The molecule has 0 spiro atoms. The Morgan fingerprint density at radius 3 is 2.78 bits per heavy atom. The number of benzene rings is 1. The fraction of sp³-hybridized carbons (Fsp3) is 0.500. The zero-order valence-corrected chi connectivity index (χ0v) is 10.3. The van der Waals surface area contributed by atoms with E-state index in [9.17, 15) is 9.18 Å². The normalized spacial score (nSPS) is 15.2. The van der Waals surface area contributed by atoms with Crippen molar-refractivity contribution in [1.82, 2.24) is 0 Å². The highest BCUT2D eigenvalue weighted by Gasteiger charge is 2.18. The molecule has 1 saturated carbocycles. The molecule has 0 unspecified atom stereocenters. The number of carbonyl (C=O) groups excluding carboxylic acids is 1. The Kier molecular flexibility index (Phi) is 4.31. The molecule has 2 rings (SSSR count). The number of nitrogens with two attached hydrogens (primary N) is 1. The molecule has 0 heterocycles. The van der Waals surface area contributed by atoms with Crippen LogP contribution < -0.4 is 10.5 Å². The average molecular weight is 251 g/mol. The highest BCUT2D eigenvalue weighted by Crippen LogP contribution is 2.27. The lowest BCUT2D eigenvalue weighted by molar-refractivity contribution is 0.0984. The molecule has 0 bridgehead atoms. The van der Waals surface area contributed by atoms with Crippen LogP contribution in [0, 0.1) is 11.7 Å². The van der Waals surface area contributed by atoms with Gasteiger partial charge in [-0.15, -0.1) is 0 Å². The number of ether oxygens (including phenoxy) is 1. The van der Waals surface area contributed by atoms with E-state index in [1.807, 2.05) is 0 Å². The largest absolute Gasteiger partial charge is 0.493 e. The van der Waals surface area contributed by atoms with Gasteiger partial charge < -0.3 is 10.5 Å². The lowest BCUT2D eigenvalue weighted by Crippen LogP contribution is -2.19. The molecule has 1 aliphatic rings. The van der Waals surface area contributed by atoms with E-state index in [4.69, 9.17) is 10.5 Å². The first-order valence-electron chi connectivity index (χ1n) is 6.35. The van der Waals surface area contributed by atoms with Crippen LogP contribution in [0.1, 0.15) is 36.0 Å². The summed E-state index contributed by atoms with van der Waals surface area (Å²) in [6, 6.07) is 4.14. The van der Waals surface area contributed by atoms with Crippen molar-refractivity contribution >= 4 is 5.78 Å². The molecule has 2 N–H and O–H groups in total. The summed E-state index contributed by atoms with van der Waals surface area (Å²) in [7, 11) is 0.